The molecule has 6 heteroatoms. The highest BCUT2D eigenvalue weighted by Crippen LogP contribution is 2.26. The number of likely N-dealkylation sites (tertiary alicyclic amines) is 1. The molecule has 1 aromatic rings. The third-order valence-electron chi connectivity index (χ3n) is 3.24. The topological polar surface area (TPSA) is 83.6 Å². The molecule has 0 aromatic carbocycles. The van der Waals surface area contributed by atoms with Gasteiger partial charge in [0.15, 0.2) is 0 Å². The summed E-state index contributed by atoms with van der Waals surface area (Å²) in [4.78, 5) is 24.2. The number of hydrogen-bond donors (Lipinski definition) is 1. The van der Waals surface area contributed by atoms with Crippen LogP contribution >= 0.6 is 0 Å². The Morgan fingerprint density at radius 3 is 2.71 bits per heavy atom. The van der Waals surface area contributed by atoms with Crippen molar-refractivity contribution >= 4 is 11.9 Å². The highest BCUT2D eigenvalue weighted by Gasteiger charge is 2.38. The molecule has 2 rings (SSSR count). The fraction of sp³-hybridized carbons (Fsp3) is 0.545. The zero-order chi connectivity index (χ0) is 12.6. The number of nitrogens with zero attached hydrogens (tertiary/aromatic N) is 2. The van der Waals surface area contributed by atoms with Crippen LogP contribution in [-0.2, 0) is 4.79 Å². The van der Waals surface area contributed by atoms with Gasteiger partial charge < -0.3 is 14.5 Å². The van der Waals surface area contributed by atoms with E-state index in [-0.39, 0.29) is 17.6 Å². The molecule has 0 spiro atoms. The minimum absolute atomic E-state index is 0.0275. The summed E-state index contributed by atoms with van der Waals surface area (Å²) in [5.74, 6) is -1.19. The van der Waals surface area contributed by atoms with Crippen molar-refractivity contribution in [1.29, 1.82) is 0 Å². The fourth-order valence-corrected chi connectivity index (χ4v) is 1.84. The first-order chi connectivity index (χ1) is 8.00. The van der Waals surface area contributed by atoms with Gasteiger partial charge >= 0.3 is 5.97 Å². The SMILES string of the molecule is Cc1cnoc1C(=O)N1CC(C(C)C(=O)O)C1. The van der Waals surface area contributed by atoms with Gasteiger partial charge in [0.05, 0.1) is 12.1 Å². The molecule has 17 heavy (non-hydrogen) atoms. The van der Waals surface area contributed by atoms with Gasteiger partial charge in [0.2, 0.25) is 5.76 Å². The van der Waals surface area contributed by atoms with E-state index in [0.29, 0.717) is 18.7 Å². The molecule has 1 amide bonds. The Hall–Kier alpha value is -1.85. The number of aryl methyl sites for hydroxylation is 1. The van der Waals surface area contributed by atoms with Crippen LogP contribution in [0.5, 0.6) is 0 Å². The van der Waals surface area contributed by atoms with E-state index < -0.39 is 11.9 Å². The van der Waals surface area contributed by atoms with E-state index >= 15 is 0 Å². The first-order valence-electron chi connectivity index (χ1n) is 5.44. The van der Waals surface area contributed by atoms with Gasteiger partial charge in [0.1, 0.15) is 0 Å². The molecule has 0 bridgehead atoms. The summed E-state index contributed by atoms with van der Waals surface area (Å²) >= 11 is 0. The van der Waals surface area contributed by atoms with Crippen LogP contribution in [0.1, 0.15) is 23.0 Å². The zero-order valence-electron chi connectivity index (χ0n) is 9.71. The summed E-state index contributed by atoms with van der Waals surface area (Å²) in [5, 5.41) is 12.4. The monoisotopic (exact) mass is 238 g/mol. The van der Waals surface area contributed by atoms with E-state index in [2.05, 4.69) is 5.16 Å². The molecule has 1 atom stereocenters. The standard InChI is InChI=1S/C11H14N2O4/c1-6-3-12-17-9(6)10(14)13-4-8(5-13)7(2)11(15)16/h3,7-8H,4-5H2,1-2H3,(H,15,16). The Morgan fingerprint density at radius 1 is 1.59 bits per heavy atom. The Kier molecular flexibility index (Phi) is 2.87. The van der Waals surface area contributed by atoms with Crippen LogP contribution in [0.4, 0.5) is 0 Å². The lowest BCUT2D eigenvalue weighted by Gasteiger charge is -2.40. The first kappa shape index (κ1) is 11.6. The van der Waals surface area contributed by atoms with Crippen LogP contribution in [0, 0.1) is 18.8 Å². The van der Waals surface area contributed by atoms with Gasteiger partial charge in [0.25, 0.3) is 5.91 Å². The molecule has 1 fully saturated rings. The third-order valence-corrected chi connectivity index (χ3v) is 3.24. The smallest absolute Gasteiger partial charge is 0.306 e. The van der Waals surface area contributed by atoms with Crippen molar-refractivity contribution in [2.24, 2.45) is 11.8 Å². The number of carboxylic acids is 1. The van der Waals surface area contributed by atoms with Gasteiger partial charge in [-0.25, -0.2) is 0 Å². The van der Waals surface area contributed by atoms with Crippen LogP contribution in [0.2, 0.25) is 0 Å². The van der Waals surface area contributed by atoms with Crippen molar-refractivity contribution in [3.8, 4) is 0 Å². The molecule has 1 N–H and O–H groups in total. The van der Waals surface area contributed by atoms with Crippen LogP contribution in [0.15, 0.2) is 10.7 Å². The lowest BCUT2D eigenvalue weighted by molar-refractivity contribution is -0.144. The molecule has 1 unspecified atom stereocenters. The highest BCUT2D eigenvalue weighted by atomic mass is 16.5. The molecule has 1 aliphatic rings. The van der Waals surface area contributed by atoms with Crippen molar-refractivity contribution in [3.05, 3.63) is 17.5 Å². The van der Waals surface area contributed by atoms with E-state index in [1.54, 1.807) is 18.7 Å². The predicted molar refractivity (Wildman–Crippen MR) is 57.4 cm³/mol. The summed E-state index contributed by atoms with van der Waals surface area (Å²) in [6, 6.07) is 0. The summed E-state index contributed by atoms with van der Waals surface area (Å²) in [6.07, 6.45) is 1.49. The summed E-state index contributed by atoms with van der Waals surface area (Å²) in [6.45, 7) is 4.34. The predicted octanol–water partition coefficient (Wildman–Crippen LogP) is 0.776. The maximum absolute atomic E-state index is 11.9. The largest absolute Gasteiger partial charge is 0.481 e. The van der Waals surface area contributed by atoms with Crippen molar-refractivity contribution in [2.45, 2.75) is 13.8 Å². The second-order valence-electron chi connectivity index (χ2n) is 4.44. The molecule has 0 aliphatic carbocycles. The lowest BCUT2D eigenvalue weighted by Crippen LogP contribution is -2.53. The Bertz CT molecular complexity index is 448. The quantitative estimate of drug-likeness (QED) is 0.841. The van der Waals surface area contributed by atoms with E-state index in [4.69, 9.17) is 9.63 Å². The maximum atomic E-state index is 11.9. The normalized spacial score (nSPS) is 17.6. The molecular formula is C11H14N2O4. The number of carbonyl (C=O) groups is 2. The summed E-state index contributed by atoms with van der Waals surface area (Å²) in [5.41, 5.74) is 0.699. The lowest BCUT2D eigenvalue weighted by atomic mass is 9.87. The van der Waals surface area contributed by atoms with Gasteiger partial charge in [-0.05, 0) is 6.92 Å². The second kappa shape index (κ2) is 4.20. The van der Waals surface area contributed by atoms with E-state index in [1.165, 1.54) is 6.20 Å². The Balaban J connectivity index is 1.95. The molecule has 1 saturated heterocycles. The Morgan fingerprint density at radius 2 is 2.24 bits per heavy atom. The van der Waals surface area contributed by atoms with Crippen molar-refractivity contribution in [2.75, 3.05) is 13.1 Å². The second-order valence-corrected chi connectivity index (χ2v) is 4.44. The minimum atomic E-state index is -0.821. The number of aliphatic carboxylic acids is 1. The summed E-state index contributed by atoms with van der Waals surface area (Å²) in [7, 11) is 0. The minimum Gasteiger partial charge on any atom is -0.481 e. The zero-order valence-corrected chi connectivity index (χ0v) is 9.71. The van der Waals surface area contributed by atoms with Crippen molar-refractivity contribution in [3.63, 3.8) is 0 Å². The molecule has 6 nitrogen and oxygen atoms in total. The van der Waals surface area contributed by atoms with Gasteiger partial charge in [0, 0.05) is 24.6 Å². The number of rotatable bonds is 3. The van der Waals surface area contributed by atoms with Crippen LogP contribution < -0.4 is 0 Å². The molecule has 0 saturated carbocycles. The average molecular weight is 238 g/mol. The van der Waals surface area contributed by atoms with E-state index in [9.17, 15) is 9.59 Å². The van der Waals surface area contributed by atoms with Gasteiger partial charge in [-0.3, -0.25) is 9.59 Å². The number of aromatic nitrogens is 1. The fourth-order valence-electron chi connectivity index (χ4n) is 1.84. The average Bonchev–Trinajstić information content (AvgIpc) is 2.61. The number of amides is 1. The maximum Gasteiger partial charge on any atom is 0.306 e. The summed E-state index contributed by atoms with van der Waals surface area (Å²) < 4.78 is 4.87. The molecule has 1 aliphatic heterocycles. The van der Waals surface area contributed by atoms with Gasteiger partial charge in [-0.2, -0.15) is 0 Å². The van der Waals surface area contributed by atoms with E-state index in [0.717, 1.165) is 0 Å². The van der Waals surface area contributed by atoms with E-state index in [1.807, 2.05) is 0 Å². The highest BCUT2D eigenvalue weighted by molar-refractivity contribution is 5.93. The van der Waals surface area contributed by atoms with Crippen LogP contribution in [0.3, 0.4) is 0 Å². The number of carbonyl (C=O) groups excluding carboxylic acids is 1. The Labute approximate surface area is 98.2 Å². The molecule has 92 valence electrons. The van der Waals surface area contributed by atoms with Crippen LogP contribution in [0.25, 0.3) is 0 Å². The number of carboxylic acid groups (broad SMARTS) is 1. The third kappa shape index (κ3) is 2.02. The number of hydrogen-bond acceptors (Lipinski definition) is 4. The van der Waals surface area contributed by atoms with Gasteiger partial charge in [-0.15, -0.1) is 0 Å². The van der Waals surface area contributed by atoms with Gasteiger partial charge in [-0.1, -0.05) is 12.1 Å². The van der Waals surface area contributed by atoms with Crippen molar-refractivity contribution in [1.82, 2.24) is 10.1 Å². The molecular weight excluding hydrogens is 224 g/mol. The molecule has 1 aromatic heterocycles. The first-order valence-corrected chi connectivity index (χ1v) is 5.44. The molecule has 0 radical (unpaired) electrons. The van der Waals surface area contributed by atoms with Crippen molar-refractivity contribution < 1.29 is 19.2 Å². The van der Waals surface area contributed by atoms with Crippen LogP contribution in [-0.4, -0.2) is 40.1 Å². The molecule has 2 heterocycles.